The van der Waals surface area contributed by atoms with E-state index in [1.807, 2.05) is 19.1 Å². The lowest BCUT2D eigenvalue weighted by atomic mass is 9.76. The Hall–Kier alpha value is -5.44. The van der Waals surface area contributed by atoms with Gasteiger partial charge in [0.15, 0.2) is 24.0 Å². The molecule has 4 heterocycles. The third-order valence-corrected chi connectivity index (χ3v) is 11.1. The van der Waals surface area contributed by atoms with Gasteiger partial charge in [0.2, 0.25) is 5.88 Å². The van der Waals surface area contributed by atoms with Gasteiger partial charge in [-0.3, -0.25) is 14.3 Å². The van der Waals surface area contributed by atoms with E-state index in [9.17, 15) is 9.59 Å². The highest BCUT2D eigenvalue weighted by molar-refractivity contribution is 7.81. The summed E-state index contributed by atoms with van der Waals surface area (Å²) in [5, 5.41) is 8.80. The molecular weight excluding hydrogens is 737 g/mol. The number of hydrogen-bond acceptors (Lipinski definition) is 8. The fourth-order valence-corrected chi connectivity index (χ4v) is 7.32. The molecule has 0 radical (unpaired) electrons. The third kappa shape index (κ3) is 7.36. The predicted octanol–water partition coefficient (Wildman–Crippen LogP) is 7.48. The Bertz CT molecular complexity index is 2430. The van der Waals surface area contributed by atoms with Crippen molar-refractivity contribution in [1.29, 1.82) is 0 Å². The van der Waals surface area contributed by atoms with Gasteiger partial charge in [0, 0.05) is 48.4 Å². The average molecular weight is 775 g/mol. The first-order valence-electron chi connectivity index (χ1n) is 17.6. The van der Waals surface area contributed by atoms with Crippen molar-refractivity contribution in [2.24, 2.45) is 13.0 Å². The SMILES string of the molecule is COC(=O)C(S)C(C)Cc1cccc(C2(C)CCC(F)(F)COc3ccn(n3)Cc3c(c(F)cc4[nH]ccc34)C(=O)c3ccc(F)c(c3)-c3nc2nn3C)c1. The third-order valence-electron chi connectivity index (χ3n) is 10.3. The molecule has 0 aliphatic carbocycles. The number of H-pyrrole nitrogens is 1. The number of ether oxygens (including phenoxy) is 2. The largest absolute Gasteiger partial charge is 0.470 e. The number of ketones is 1. The number of nitrogens with zero attached hydrogens (tertiary/aromatic N) is 5. The number of hydrogen-bond donors (Lipinski definition) is 2. The number of methoxy groups -OCH3 is 1. The number of halogens is 4. The molecule has 1 aliphatic rings. The van der Waals surface area contributed by atoms with E-state index in [0.29, 0.717) is 22.9 Å². The smallest absolute Gasteiger partial charge is 0.318 e. The maximum Gasteiger partial charge on any atom is 0.318 e. The summed E-state index contributed by atoms with van der Waals surface area (Å²) in [5.41, 5.74) is 0.559. The van der Waals surface area contributed by atoms with E-state index >= 15 is 17.6 Å². The van der Waals surface area contributed by atoms with Crippen LogP contribution < -0.4 is 4.74 Å². The Kier molecular flexibility index (Phi) is 10.1. The normalized spacial score (nSPS) is 18.4. The zero-order chi connectivity index (χ0) is 39.2. The van der Waals surface area contributed by atoms with Crippen LogP contribution in [0.5, 0.6) is 5.88 Å². The number of esters is 1. The second kappa shape index (κ2) is 14.7. The number of nitrogens with one attached hydrogen (secondary N) is 1. The van der Waals surface area contributed by atoms with Gasteiger partial charge in [-0.05, 0) is 72.7 Å². The Labute approximate surface area is 319 Å². The molecule has 3 unspecified atom stereocenters. The molecule has 6 aromatic rings. The van der Waals surface area contributed by atoms with Gasteiger partial charge in [-0.1, -0.05) is 31.2 Å². The molecular formula is C40H38F4N6O4S. The highest BCUT2D eigenvalue weighted by Crippen LogP contribution is 2.40. The number of aryl methyl sites for hydroxylation is 1. The van der Waals surface area contributed by atoms with Gasteiger partial charge in [-0.15, -0.1) is 5.10 Å². The topological polar surface area (TPSA) is 117 Å². The van der Waals surface area contributed by atoms with E-state index in [-0.39, 0.29) is 58.7 Å². The Balaban J connectivity index is 1.36. The van der Waals surface area contributed by atoms with Gasteiger partial charge in [0.05, 0.1) is 30.2 Å². The molecule has 7 rings (SSSR count). The first-order chi connectivity index (χ1) is 26.2. The lowest BCUT2D eigenvalue weighted by molar-refractivity contribution is -0.140. The molecule has 0 amide bonds. The lowest BCUT2D eigenvalue weighted by Crippen LogP contribution is -2.32. The predicted molar refractivity (Wildman–Crippen MR) is 200 cm³/mol. The second-order valence-corrected chi connectivity index (χ2v) is 14.8. The molecule has 10 nitrogen and oxygen atoms in total. The number of aromatic nitrogens is 6. The number of rotatable bonds is 5. The van der Waals surface area contributed by atoms with Crippen molar-refractivity contribution in [3.63, 3.8) is 0 Å². The summed E-state index contributed by atoms with van der Waals surface area (Å²) in [6, 6.07) is 15.3. The summed E-state index contributed by atoms with van der Waals surface area (Å²) in [6.45, 7) is 2.52. The van der Waals surface area contributed by atoms with Gasteiger partial charge >= 0.3 is 5.97 Å². The van der Waals surface area contributed by atoms with Crippen molar-refractivity contribution in [2.45, 2.75) is 56.2 Å². The molecule has 0 saturated heterocycles. The summed E-state index contributed by atoms with van der Waals surface area (Å²) in [5.74, 6) is -6.17. The highest BCUT2D eigenvalue weighted by Gasteiger charge is 2.40. The van der Waals surface area contributed by atoms with Crippen LogP contribution in [0, 0.1) is 17.6 Å². The summed E-state index contributed by atoms with van der Waals surface area (Å²) in [6.07, 6.45) is 2.74. The number of carbonyl (C=O) groups excluding carboxylic acids is 2. The average Bonchev–Trinajstić information content (AvgIpc) is 3.92. The second-order valence-electron chi connectivity index (χ2n) is 14.2. The van der Waals surface area contributed by atoms with Crippen LogP contribution in [0.25, 0.3) is 22.3 Å². The molecule has 286 valence electrons. The minimum Gasteiger partial charge on any atom is -0.470 e. The number of thiol groups is 1. The lowest BCUT2D eigenvalue weighted by Gasteiger charge is -2.30. The van der Waals surface area contributed by atoms with Crippen molar-refractivity contribution in [2.75, 3.05) is 13.7 Å². The highest BCUT2D eigenvalue weighted by atomic mass is 32.1. The molecule has 1 N–H and O–H groups in total. The van der Waals surface area contributed by atoms with E-state index in [2.05, 4.69) is 27.8 Å². The minimum atomic E-state index is -3.34. The molecule has 15 heteroatoms. The van der Waals surface area contributed by atoms with Crippen molar-refractivity contribution >= 4 is 35.3 Å². The molecule has 0 fully saturated rings. The zero-order valence-corrected chi connectivity index (χ0v) is 31.3. The van der Waals surface area contributed by atoms with Crippen molar-refractivity contribution in [1.82, 2.24) is 29.5 Å². The van der Waals surface area contributed by atoms with Crippen LogP contribution in [0.2, 0.25) is 0 Å². The first-order valence-corrected chi connectivity index (χ1v) is 18.1. The number of aromatic amines is 1. The zero-order valence-electron chi connectivity index (χ0n) is 30.4. The van der Waals surface area contributed by atoms with Gasteiger partial charge in [-0.25, -0.2) is 27.2 Å². The minimum absolute atomic E-state index is 0.00272. The number of benzene rings is 3. The molecule has 3 atom stereocenters. The monoisotopic (exact) mass is 774 g/mol. The van der Waals surface area contributed by atoms with Gasteiger partial charge in [0.1, 0.15) is 16.9 Å². The molecule has 3 aromatic carbocycles. The van der Waals surface area contributed by atoms with Crippen LogP contribution in [0.3, 0.4) is 0 Å². The molecule has 0 saturated carbocycles. The molecule has 3 aromatic heterocycles. The summed E-state index contributed by atoms with van der Waals surface area (Å²) < 4.78 is 76.3. The molecule has 6 bridgehead atoms. The van der Waals surface area contributed by atoms with Crippen molar-refractivity contribution in [3.8, 4) is 17.3 Å². The maximum atomic E-state index is 15.9. The van der Waals surface area contributed by atoms with Crippen LogP contribution >= 0.6 is 12.6 Å². The molecule has 55 heavy (non-hydrogen) atoms. The summed E-state index contributed by atoms with van der Waals surface area (Å²) >= 11 is 4.43. The fourth-order valence-electron chi connectivity index (χ4n) is 7.11. The van der Waals surface area contributed by atoms with E-state index in [1.54, 1.807) is 38.4 Å². The van der Waals surface area contributed by atoms with Gasteiger partial charge < -0.3 is 14.5 Å². The van der Waals surface area contributed by atoms with Crippen LogP contribution in [0.1, 0.15) is 65.1 Å². The van der Waals surface area contributed by atoms with Crippen LogP contribution in [0.4, 0.5) is 17.6 Å². The maximum absolute atomic E-state index is 15.9. The Morgan fingerprint density at radius 3 is 2.65 bits per heavy atom. The van der Waals surface area contributed by atoms with E-state index in [4.69, 9.17) is 14.5 Å². The van der Waals surface area contributed by atoms with E-state index in [1.165, 1.54) is 46.9 Å². The standard InChI is InChI=1S/C40H38F4N6O4S/c1-22(35(55)37(52)53-4)16-23-6-5-7-25(17-23)39(2)12-13-40(43,44)21-54-32-11-15-50(47-32)20-28-26-10-14-45-31(26)19-30(42)33(28)34(51)24-8-9-29(41)27(18-24)36-46-38(39)48-49(36)3/h5-11,14-15,17-19,22,35,45,55H,12-13,16,20-21H2,1-4H3. The quantitative estimate of drug-likeness (QED) is 0.106. The first kappa shape index (κ1) is 37.9. The number of carbonyl (C=O) groups is 2. The van der Waals surface area contributed by atoms with Crippen LogP contribution in [0.15, 0.2) is 73.1 Å². The van der Waals surface area contributed by atoms with Crippen molar-refractivity contribution in [3.05, 3.63) is 118 Å². The number of fused-ring (bicyclic) bond motifs is 10. The van der Waals surface area contributed by atoms with E-state index in [0.717, 1.165) is 11.6 Å². The van der Waals surface area contributed by atoms with Crippen LogP contribution in [-0.2, 0) is 35.0 Å². The summed E-state index contributed by atoms with van der Waals surface area (Å²) in [4.78, 5) is 34.1. The molecule has 0 spiro atoms. The Morgan fingerprint density at radius 1 is 1.07 bits per heavy atom. The molecule has 1 aliphatic heterocycles. The van der Waals surface area contributed by atoms with E-state index < -0.39 is 53.0 Å². The van der Waals surface area contributed by atoms with Crippen LogP contribution in [-0.4, -0.2) is 66.2 Å². The Morgan fingerprint density at radius 2 is 1.87 bits per heavy atom. The fraction of sp³-hybridized carbons (Fsp3) is 0.325. The number of alkyl halides is 2. The van der Waals surface area contributed by atoms with Crippen molar-refractivity contribution < 1.29 is 36.6 Å². The van der Waals surface area contributed by atoms with Gasteiger partial charge in [0.25, 0.3) is 5.92 Å². The van der Waals surface area contributed by atoms with Gasteiger partial charge in [-0.2, -0.15) is 17.7 Å². The summed E-state index contributed by atoms with van der Waals surface area (Å²) in [7, 11) is 2.84.